The highest BCUT2D eigenvalue weighted by molar-refractivity contribution is 7.13. The van der Waals surface area contributed by atoms with Gasteiger partial charge in [-0.15, -0.1) is 11.3 Å². The molecule has 1 unspecified atom stereocenters. The van der Waals surface area contributed by atoms with E-state index in [0.29, 0.717) is 12.6 Å². The maximum absolute atomic E-state index is 12.2. The minimum Gasteiger partial charge on any atom is -0.343 e. The van der Waals surface area contributed by atoms with E-state index in [1.54, 1.807) is 22.1 Å². The van der Waals surface area contributed by atoms with Crippen LogP contribution < -0.4 is 10.5 Å². The number of thiazole rings is 1. The molecule has 1 aliphatic rings. The second-order valence-corrected chi connectivity index (χ2v) is 8.09. The summed E-state index contributed by atoms with van der Waals surface area (Å²) in [5, 5.41) is 7.74. The summed E-state index contributed by atoms with van der Waals surface area (Å²) in [4.78, 5) is 19.1. The fourth-order valence-corrected chi connectivity index (χ4v) is 3.83. The third-order valence-corrected chi connectivity index (χ3v) is 5.24. The summed E-state index contributed by atoms with van der Waals surface area (Å²) < 4.78 is 1.63. The monoisotopic (exact) mass is 332 g/mol. The summed E-state index contributed by atoms with van der Waals surface area (Å²) in [5.74, 6) is 0. The second-order valence-electron chi connectivity index (χ2n) is 7.25. The van der Waals surface area contributed by atoms with Crippen molar-refractivity contribution in [3.8, 4) is 0 Å². The van der Waals surface area contributed by atoms with E-state index >= 15 is 0 Å². The quantitative estimate of drug-likeness (QED) is 0.867. The van der Waals surface area contributed by atoms with Crippen LogP contribution in [0.5, 0.6) is 0 Å². The molecular weight excluding hydrogens is 308 g/mol. The Labute approximate surface area is 141 Å². The molecule has 1 aliphatic heterocycles. The van der Waals surface area contributed by atoms with Crippen molar-refractivity contribution in [3.05, 3.63) is 39.3 Å². The maximum Gasteiger partial charge on any atom is 0.266 e. The minimum atomic E-state index is -0.0583. The minimum absolute atomic E-state index is 0.0276. The predicted octanol–water partition coefficient (Wildman–Crippen LogP) is 2.97. The van der Waals surface area contributed by atoms with Crippen molar-refractivity contribution >= 4 is 16.5 Å². The lowest BCUT2D eigenvalue weighted by Crippen LogP contribution is -2.37. The van der Waals surface area contributed by atoms with Crippen molar-refractivity contribution in [2.24, 2.45) is 0 Å². The zero-order valence-electron chi connectivity index (χ0n) is 14.2. The van der Waals surface area contributed by atoms with Gasteiger partial charge in [-0.1, -0.05) is 20.8 Å². The maximum atomic E-state index is 12.2. The summed E-state index contributed by atoms with van der Waals surface area (Å²) in [6, 6.07) is 3.77. The van der Waals surface area contributed by atoms with Crippen molar-refractivity contribution in [2.75, 3.05) is 11.4 Å². The van der Waals surface area contributed by atoms with E-state index in [4.69, 9.17) is 0 Å². The number of aryl methyl sites for hydroxylation is 1. The van der Waals surface area contributed by atoms with Gasteiger partial charge in [-0.3, -0.25) is 4.79 Å². The first-order chi connectivity index (χ1) is 10.8. The molecule has 0 amide bonds. The molecule has 3 rings (SSSR count). The Kier molecular flexibility index (Phi) is 4.27. The first-order valence-corrected chi connectivity index (χ1v) is 9.00. The molecule has 1 atom stereocenters. The summed E-state index contributed by atoms with van der Waals surface area (Å²) in [6.07, 6.45) is 2.21. The molecule has 124 valence electrons. The van der Waals surface area contributed by atoms with Gasteiger partial charge in [0.2, 0.25) is 0 Å². The number of aromatic nitrogens is 3. The first-order valence-electron chi connectivity index (χ1n) is 8.12. The van der Waals surface area contributed by atoms with Crippen LogP contribution in [0.3, 0.4) is 0 Å². The van der Waals surface area contributed by atoms with E-state index in [2.05, 4.69) is 41.1 Å². The molecule has 0 bridgehead atoms. The van der Waals surface area contributed by atoms with Gasteiger partial charge < -0.3 is 4.90 Å². The Hall–Kier alpha value is -1.69. The molecule has 0 N–H and O–H groups in total. The van der Waals surface area contributed by atoms with E-state index in [0.717, 1.165) is 35.9 Å². The zero-order chi connectivity index (χ0) is 16.6. The van der Waals surface area contributed by atoms with Gasteiger partial charge in [0.1, 0.15) is 0 Å². The summed E-state index contributed by atoms with van der Waals surface area (Å²) in [6.45, 7) is 10.00. The highest BCUT2D eigenvalue weighted by Crippen LogP contribution is 2.29. The van der Waals surface area contributed by atoms with E-state index in [1.807, 2.05) is 13.0 Å². The number of anilines is 1. The molecule has 1 fully saturated rings. The molecule has 0 radical (unpaired) electrons. The van der Waals surface area contributed by atoms with E-state index in [9.17, 15) is 4.79 Å². The van der Waals surface area contributed by atoms with Crippen LogP contribution in [0, 0.1) is 6.92 Å². The largest absolute Gasteiger partial charge is 0.343 e. The van der Waals surface area contributed by atoms with Gasteiger partial charge in [0, 0.05) is 23.4 Å². The van der Waals surface area contributed by atoms with Gasteiger partial charge in [0.15, 0.2) is 5.13 Å². The Morgan fingerprint density at radius 3 is 2.78 bits per heavy atom. The average molecular weight is 332 g/mol. The standard InChI is InChI=1S/C17H24N4OS/c1-12-11-23-16(18-12)20-9-5-6-13(20)10-21-15(22)8-7-14(19-21)17(2,3)4/h7-8,11,13H,5-6,9-10H2,1-4H3. The molecule has 6 heteroatoms. The van der Waals surface area contributed by atoms with E-state index in [-0.39, 0.29) is 11.0 Å². The number of hydrogen-bond donors (Lipinski definition) is 0. The van der Waals surface area contributed by atoms with Crippen LogP contribution in [0.2, 0.25) is 0 Å². The summed E-state index contributed by atoms with van der Waals surface area (Å²) in [7, 11) is 0. The Balaban J connectivity index is 1.85. The topological polar surface area (TPSA) is 51.0 Å². The number of rotatable bonds is 3. The molecule has 3 heterocycles. The molecule has 5 nitrogen and oxygen atoms in total. The first kappa shape index (κ1) is 16.2. The van der Waals surface area contributed by atoms with E-state index in [1.165, 1.54) is 0 Å². The van der Waals surface area contributed by atoms with E-state index < -0.39 is 0 Å². The van der Waals surface area contributed by atoms with Crippen LogP contribution in [0.1, 0.15) is 45.0 Å². The Morgan fingerprint density at radius 2 is 2.13 bits per heavy atom. The van der Waals surface area contributed by atoms with Crippen molar-refractivity contribution in [3.63, 3.8) is 0 Å². The SMILES string of the molecule is Cc1csc(N2CCCC2Cn2nc(C(C)(C)C)ccc2=O)n1. The van der Waals surface area contributed by atoms with Crippen LogP contribution in [-0.4, -0.2) is 27.4 Å². The van der Waals surface area contributed by atoms with Crippen LogP contribution in [0.4, 0.5) is 5.13 Å². The molecule has 2 aromatic rings. The lowest BCUT2D eigenvalue weighted by atomic mass is 9.92. The molecule has 2 aromatic heterocycles. The molecule has 0 aromatic carbocycles. The fraction of sp³-hybridized carbons (Fsp3) is 0.588. The Bertz CT molecular complexity index is 744. The third kappa shape index (κ3) is 3.47. The van der Waals surface area contributed by atoms with Crippen LogP contribution >= 0.6 is 11.3 Å². The molecule has 0 spiro atoms. The van der Waals surface area contributed by atoms with Gasteiger partial charge >= 0.3 is 0 Å². The average Bonchev–Trinajstić information content (AvgIpc) is 3.08. The molecule has 0 aliphatic carbocycles. The highest BCUT2D eigenvalue weighted by atomic mass is 32.1. The van der Waals surface area contributed by atoms with Gasteiger partial charge in [-0.25, -0.2) is 9.67 Å². The highest BCUT2D eigenvalue weighted by Gasteiger charge is 2.28. The van der Waals surface area contributed by atoms with Crippen molar-refractivity contribution < 1.29 is 0 Å². The van der Waals surface area contributed by atoms with Crippen molar-refractivity contribution in [2.45, 2.75) is 58.5 Å². The molecule has 0 saturated carbocycles. The smallest absolute Gasteiger partial charge is 0.266 e. The summed E-state index contributed by atoms with van der Waals surface area (Å²) in [5.41, 5.74) is 1.92. The normalized spacial score (nSPS) is 18.6. The van der Waals surface area contributed by atoms with Crippen LogP contribution in [-0.2, 0) is 12.0 Å². The lowest BCUT2D eigenvalue weighted by Gasteiger charge is -2.25. The van der Waals surface area contributed by atoms with Gasteiger partial charge in [-0.05, 0) is 25.8 Å². The van der Waals surface area contributed by atoms with Crippen LogP contribution in [0.25, 0.3) is 0 Å². The number of hydrogen-bond acceptors (Lipinski definition) is 5. The fourth-order valence-electron chi connectivity index (χ4n) is 2.93. The van der Waals surface area contributed by atoms with Gasteiger partial charge in [0.25, 0.3) is 5.56 Å². The van der Waals surface area contributed by atoms with Gasteiger partial charge in [0.05, 0.1) is 24.0 Å². The van der Waals surface area contributed by atoms with Crippen LogP contribution in [0.15, 0.2) is 22.3 Å². The second kappa shape index (κ2) is 6.07. The predicted molar refractivity (Wildman–Crippen MR) is 94.4 cm³/mol. The lowest BCUT2D eigenvalue weighted by molar-refractivity contribution is 0.457. The number of nitrogens with zero attached hydrogens (tertiary/aromatic N) is 4. The van der Waals surface area contributed by atoms with Crippen molar-refractivity contribution in [1.29, 1.82) is 0 Å². The van der Waals surface area contributed by atoms with Gasteiger partial charge in [-0.2, -0.15) is 5.10 Å². The molecule has 23 heavy (non-hydrogen) atoms. The zero-order valence-corrected chi connectivity index (χ0v) is 15.1. The molecular formula is C17H24N4OS. The summed E-state index contributed by atoms with van der Waals surface area (Å²) >= 11 is 1.68. The molecule has 1 saturated heterocycles. The third-order valence-electron chi connectivity index (χ3n) is 4.25. The van der Waals surface area contributed by atoms with Crippen molar-refractivity contribution in [1.82, 2.24) is 14.8 Å². The Morgan fingerprint density at radius 1 is 1.35 bits per heavy atom.